The summed E-state index contributed by atoms with van der Waals surface area (Å²) in [6.45, 7) is 13.6. The number of amides is 1. The molecule has 2 fully saturated rings. The molecule has 6 heteroatoms. The van der Waals surface area contributed by atoms with Gasteiger partial charge in [-0.1, -0.05) is 44.9 Å². The third kappa shape index (κ3) is 3.69. The minimum absolute atomic E-state index is 0. The topological polar surface area (TPSA) is 40.9 Å². The maximum Gasteiger partial charge on any atom is 3.00 e. The Kier molecular flexibility index (Phi) is 10.1. The zero-order valence-electron chi connectivity index (χ0n) is 17.6. The Morgan fingerprint density at radius 1 is 1.11 bits per heavy atom. The van der Waals surface area contributed by atoms with Gasteiger partial charge in [0.15, 0.2) is 0 Å². The molecule has 5 atom stereocenters. The Balaban J connectivity index is 0.00000225. The van der Waals surface area contributed by atoms with Crippen molar-refractivity contribution in [3.05, 3.63) is 28.0 Å². The maximum atomic E-state index is 13.0. The predicted octanol–water partition coefficient (Wildman–Crippen LogP) is -0.0733. The largest absolute Gasteiger partial charge is 3.00 e. The van der Waals surface area contributed by atoms with Crippen LogP contribution in [0.15, 0.2) is 22.3 Å². The van der Waals surface area contributed by atoms with Crippen molar-refractivity contribution < 1.29 is 51.3 Å². The van der Waals surface area contributed by atoms with Crippen LogP contribution in [0, 0.1) is 23.2 Å². The molecule has 3 rings (SSSR count). The van der Waals surface area contributed by atoms with E-state index < -0.39 is 14.2 Å². The second-order valence-corrected chi connectivity index (χ2v) is 12.5. The van der Waals surface area contributed by atoms with E-state index in [-0.39, 0.29) is 52.4 Å². The molecule has 2 nitrogen and oxygen atoms in total. The van der Waals surface area contributed by atoms with E-state index in [0.29, 0.717) is 17.4 Å². The number of hydrogen-bond donors (Lipinski definition) is 0. The van der Waals surface area contributed by atoms with E-state index in [9.17, 15) is 4.79 Å². The van der Waals surface area contributed by atoms with Crippen molar-refractivity contribution in [1.82, 2.24) is 0 Å². The van der Waals surface area contributed by atoms with Crippen molar-refractivity contribution in [3.8, 4) is 0 Å². The monoisotopic (exact) mass is 462 g/mol. The average Bonchev–Trinajstić information content (AvgIpc) is 3.20. The summed E-state index contributed by atoms with van der Waals surface area (Å²) < 4.78 is 0. The summed E-state index contributed by atoms with van der Waals surface area (Å²) in [4.78, 5) is 13.0. The van der Waals surface area contributed by atoms with Crippen molar-refractivity contribution in [2.45, 2.75) is 78.4 Å². The summed E-state index contributed by atoms with van der Waals surface area (Å²) in [6.07, 6.45) is 3.68. The Hall–Kier alpha value is 0.461. The number of nitrogens with one attached hydrogen (secondary N) is 1. The standard InChI is InChI=1S/C21H35NOSi.2ClH.Ti/c1-7-24(8-2)19-16-9-10-17(11-16)21(19,20(22)23)18-14(5)12(3)13(4)15(18)6;;;/h14,16-17,19,24H,7-11H2,1-6H3,(H2,22,23);2*1H;/q;;;+3/p-3. The predicted molar refractivity (Wildman–Crippen MR) is 105 cm³/mol. The van der Waals surface area contributed by atoms with Gasteiger partial charge in [0, 0.05) is 14.2 Å². The number of fused-ring (bicyclic) bond motifs is 2. The van der Waals surface area contributed by atoms with Gasteiger partial charge in [-0.25, -0.2) is 0 Å². The summed E-state index contributed by atoms with van der Waals surface area (Å²) >= 11 is 0. The molecular weight excluding hydrogens is 429 g/mol. The molecule has 3 aliphatic rings. The van der Waals surface area contributed by atoms with Gasteiger partial charge in [-0.2, -0.15) is 0 Å². The zero-order valence-corrected chi connectivity index (χ0v) is 21.8. The Bertz CT molecular complexity index is 632. The van der Waals surface area contributed by atoms with E-state index >= 15 is 0 Å². The van der Waals surface area contributed by atoms with Gasteiger partial charge in [0.05, 0.1) is 5.91 Å². The molecule has 1 N–H and O–H groups in total. The molecule has 27 heavy (non-hydrogen) atoms. The molecule has 0 aromatic carbocycles. The van der Waals surface area contributed by atoms with Crippen LogP contribution in [0.2, 0.25) is 17.6 Å². The molecule has 0 spiro atoms. The van der Waals surface area contributed by atoms with E-state index in [1.54, 1.807) is 0 Å². The fourth-order valence-electron chi connectivity index (χ4n) is 6.84. The molecule has 2 saturated carbocycles. The van der Waals surface area contributed by atoms with Crippen molar-refractivity contribution in [1.29, 1.82) is 0 Å². The van der Waals surface area contributed by atoms with E-state index in [2.05, 4.69) is 41.5 Å². The first kappa shape index (κ1) is 27.5. The van der Waals surface area contributed by atoms with Crippen LogP contribution in [0.4, 0.5) is 0 Å². The van der Waals surface area contributed by atoms with E-state index in [1.807, 2.05) is 0 Å². The van der Waals surface area contributed by atoms with Crippen LogP contribution < -0.4 is 24.8 Å². The van der Waals surface area contributed by atoms with Crippen LogP contribution in [-0.4, -0.2) is 14.7 Å². The molecule has 1 radical (unpaired) electrons. The summed E-state index contributed by atoms with van der Waals surface area (Å²) in [5.41, 5.74) is 14.1. The molecule has 151 valence electrons. The number of carbonyl (C=O) groups is 1. The van der Waals surface area contributed by atoms with E-state index in [4.69, 9.17) is 5.73 Å². The SMILES string of the molecule is CC[SiH](CC)C1C2CCC(C2)C1(C([NH-])=O)C1=C(C)C(C)=C(C)C1C.[Cl-].[Cl-].[Ti+3]. The van der Waals surface area contributed by atoms with Gasteiger partial charge in [-0.15, -0.1) is 0 Å². The average molecular weight is 463 g/mol. The van der Waals surface area contributed by atoms with Gasteiger partial charge < -0.3 is 35.3 Å². The minimum atomic E-state index is -1.02. The first-order chi connectivity index (χ1) is 11.3. The van der Waals surface area contributed by atoms with Gasteiger partial charge in [0.2, 0.25) is 0 Å². The second kappa shape index (κ2) is 9.98. The number of carbonyl (C=O) groups excluding carboxylic acids is 1. The molecule has 3 aliphatic carbocycles. The third-order valence-electron chi connectivity index (χ3n) is 8.17. The quantitative estimate of drug-likeness (QED) is 0.527. The number of hydrogen-bond acceptors (Lipinski definition) is 1. The molecule has 0 aliphatic heterocycles. The fourth-order valence-corrected chi connectivity index (χ4v) is 10.9. The van der Waals surface area contributed by atoms with E-state index in [0.717, 1.165) is 5.92 Å². The summed E-state index contributed by atoms with van der Waals surface area (Å²) in [7, 11) is -1.02. The molecule has 5 unspecified atom stereocenters. The van der Waals surface area contributed by atoms with Crippen LogP contribution in [0.5, 0.6) is 0 Å². The van der Waals surface area contributed by atoms with Gasteiger partial charge >= 0.3 is 21.7 Å². The second-order valence-electron chi connectivity index (χ2n) is 8.64. The number of allylic oxidation sites excluding steroid dienone is 3. The molecule has 0 aromatic rings. The number of halogens is 2. The maximum absolute atomic E-state index is 13.0. The van der Waals surface area contributed by atoms with Crippen LogP contribution in [0.1, 0.15) is 60.8 Å². The summed E-state index contributed by atoms with van der Waals surface area (Å²) in [6, 6.07) is 2.54. The Morgan fingerprint density at radius 2 is 1.67 bits per heavy atom. The number of rotatable bonds is 5. The smallest absolute Gasteiger partial charge is 1.00 e. The Labute approximate surface area is 194 Å². The Morgan fingerprint density at radius 3 is 2.07 bits per heavy atom. The molecule has 1 amide bonds. The summed E-state index contributed by atoms with van der Waals surface area (Å²) in [5.74, 6) is 1.26. The van der Waals surface area contributed by atoms with Gasteiger partial charge in [0.1, 0.15) is 0 Å². The molecular formula is C21H34Cl2NOSiTi. The van der Waals surface area contributed by atoms with Gasteiger partial charge in [-0.05, 0) is 73.6 Å². The van der Waals surface area contributed by atoms with Crippen LogP contribution >= 0.6 is 0 Å². The molecule has 0 saturated heterocycles. The molecule has 0 aromatic heterocycles. The van der Waals surface area contributed by atoms with Crippen molar-refractivity contribution in [2.75, 3.05) is 0 Å². The minimum Gasteiger partial charge on any atom is -1.00 e. The molecule has 2 bridgehead atoms. The van der Waals surface area contributed by atoms with Crippen LogP contribution in [-0.2, 0) is 26.5 Å². The van der Waals surface area contributed by atoms with Crippen LogP contribution in [0.3, 0.4) is 0 Å². The van der Waals surface area contributed by atoms with Crippen molar-refractivity contribution in [2.24, 2.45) is 23.2 Å². The van der Waals surface area contributed by atoms with Crippen molar-refractivity contribution in [3.63, 3.8) is 0 Å². The normalized spacial score (nSPS) is 34.5. The van der Waals surface area contributed by atoms with Gasteiger partial charge in [-0.3, -0.25) is 0 Å². The first-order valence-electron chi connectivity index (χ1n) is 9.97. The zero-order chi connectivity index (χ0) is 17.8. The van der Waals surface area contributed by atoms with Crippen molar-refractivity contribution >= 4 is 14.7 Å². The third-order valence-corrected chi connectivity index (χ3v) is 12.4. The van der Waals surface area contributed by atoms with Crippen LogP contribution in [0.25, 0.3) is 5.73 Å². The van der Waals surface area contributed by atoms with E-state index in [1.165, 1.54) is 53.6 Å². The first-order valence-corrected chi connectivity index (χ1v) is 12.3. The summed E-state index contributed by atoms with van der Waals surface area (Å²) in [5, 5.41) is 0. The fraction of sp³-hybridized carbons (Fsp3) is 0.762. The molecule has 0 heterocycles. The van der Waals surface area contributed by atoms with Gasteiger partial charge in [0.25, 0.3) is 0 Å².